The van der Waals surface area contributed by atoms with Crippen LogP contribution in [-0.2, 0) is 27.7 Å². The molecule has 2 aliphatic rings. The molecule has 1 saturated heterocycles. The molecule has 3 N–H and O–H groups in total. The van der Waals surface area contributed by atoms with Crippen LogP contribution in [0.25, 0.3) is 0 Å². The second-order valence-corrected chi connectivity index (χ2v) is 13.0. The summed E-state index contributed by atoms with van der Waals surface area (Å²) in [6.45, 7) is 6.19. The van der Waals surface area contributed by atoms with E-state index in [0.29, 0.717) is 41.6 Å². The van der Waals surface area contributed by atoms with E-state index in [1.165, 1.54) is 0 Å². The van der Waals surface area contributed by atoms with Crippen molar-refractivity contribution < 1.29 is 26.7 Å². The Morgan fingerprint density at radius 2 is 1.81 bits per heavy atom. The largest absolute Gasteiger partial charge is 0.385 e. The molecule has 1 fully saturated rings. The highest BCUT2D eigenvalue weighted by Crippen LogP contribution is 2.31. The van der Waals surface area contributed by atoms with E-state index in [4.69, 9.17) is 4.74 Å². The summed E-state index contributed by atoms with van der Waals surface area (Å²) >= 11 is 0. The SMILES string of the molecule is COCC[C@@H](C)Nc1cc(N2CCN(C)CC2)ccc1C(=O)Nc1n[nH]c2c1CN(S(=O)(=O)c1cc(F)cc(F)c1)CC2. The van der Waals surface area contributed by atoms with Gasteiger partial charge in [0.2, 0.25) is 10.0 Å². The summed E-state index contributed by atoms with van der Waals surface area (Å²) in [7, 11) is -0.459. The molecule has 2 aromatic carbocycles. The van der Waals surface area contributed by atoms with Gasteiger partial charge in [-0.05, 0) is 50.7 Å². The van der Waals surface area contributed by atoms with Gasteiger partial charge in [0.1, 0.15) is 11.6 Å². The lowest BCUT2D eigenvalue weighted by molar-refractivity contribution is 0.102. The van der Waals surface area contributed by atoms with Crippen LogP contribution in [0, 0.1) is 11.6 Å². The van der Waals surface area contributed by atoms with Gasteiger partial charge in [0.15, 0.2) is 5.82 Å². The molecule has 3 aromatic rings. The quantitative estimate of drug-likeness (QED) is 0.317. The minimum Gasteiger partial charge on any atom is -0.385 e. The van der Waals surface area contributed by atoms with E-state index >= 15 is 0 Å². The van der Waals surface area contributed by atoms with Gasteiger partial charge in [0.25, 0.3) is 5.91 Å². The highest BCUT2D eigenvalue weighted by molar-refractivity contribution is 7.89. The van der Waals surface area contributed by atoms with Crippen molar-refractivity contribution in [3.63, 3.8) is 0 Å². The lowest BCUT2D eigenvalue weighted by Crippen LogP contribution is -2.44. The Balaban J connectivity index is 1.38. The molecule has 43 heavy (non-hydrogen) atoms. The molecule has 0 aliphatic carbocycles. The molecule has 1 amide bonds. The van der Waals surface area contributed by atoms with E-state index < -0.39 is 32.5 Å². The number of piperazine rings is 1. The number of benzene rings is 2. The van der Waals surface area contributed by atoms with Crippen molar-refractivity contribution in [3.8, 4) is 0 Å². The van der Waals surface area contributed by atoms with Crippen LogP contribution in [0.5, 0.6) is 0 Å². The van der Waals surface area contributed by atoms with E-state index in [-0.39, 0.29) is 24.9 Å². The van der Waals surface area contributed by atoms with Gasteiger partial charge in [-0.15, -0.1) is 0 Å². The number of nitrogens with one attached hydrogen (secondary N) is 3. The first-order valence-corrected chi connectivity index (χ1v) is 15.7. The smallest absolute Gasteiger partial charge is 0.258 e. The normalized spacial score (nSPS) is 17.0. The third kappa shape index (κ3) is 6.98. The van der Waals surface area contributed by atoms with Crippen molar-refractivity contribution in [1.82, 2.24) is 19.4 Å². The first-order valence-electron chi connectivity index (χ1n) is 14.2. The molecule has 1 aromatic heterocycles. The molecular formula is C29H37F2N7O4S. The Labute approximate surface area is 250 Å². The highest BCUT2D eigenvalue weighted by Gasteiger charge is 2.32. The number of amides is 1. The van der Waals surface area contributed by atoms with Crippen molar-refractivity contribution in [2.45, 2.75) is 37.2 Å². The molecule has 2 aliphatic heterocycles. The Kier molecular flexibility index (Phi) is 9.30. The summed E-state index contributed by atoms with van der Waals surface area (Å²) in [5.74, 6) is -2.17. The van der Waals surface area contributed by atoms with E-state index in [2.05, 4.69) is 37.7 Å². The zero-order valence-corrected chi connectivity index (χ0v) is 25.3. The van der Waals surface area contributed by atoms with Crippen molar-refractivity contribution >= 4 is 33.1 Å². The maximum Gasteiger partial charge on any atom is 0.258 e. The number of nitrogens with zero attached hydrogens (tertiary/aromatic N) is 4. The van der Waals surface area contributed by atoms with Crippen LogP contribution in [0.15, 0.2) is 41.3 Å². The minimum atomic E-state index is -4.20. The van der Waals surface area contributed by atoms with Crippen molar-refractivity contribution in [3.05, 3.63) is 64.9 Å². The first-order chi connectivity index (χ1) is 20.5. The molecule has 0 radical (unpaired) electrons. The van der Waals surface area contributed by atoms with Crippen molar-refractivity contribution in [2.24, 2.45) is 0 Å². The number of fused-ring (bicyclic) bond motifs is 1. The summed E-state index contributed by atoms with van der Waals surface area (Å²) in [6, 6.07) is 7.92. The van der Waals surface area contributed by atoms with E-state index in [9.17, 15) is 22.0 Å². The molecule has 0 spiro atoms. The maximum absolute atomic E-state index is 13.8. The Bertz CT molecular complexity index is 1550. The Morgan fingerprint density at radius 3 is 2.51 bits per heavy atom. The molecule has 11 nitrogen and oxygen atoms in total. The van der Waals surface area contributed by atoms with Gasteiger partial charge in [0, 0.05) is 94.1 Å². The Hall–Kier alpha value is -3.59. The third-order valence-corrected chi connectivity index (χ3v) is 9.70. The van der Waals surface area contributed by atoms with Gasteiger partial charge in [-0.25, -0.2) is 17.2 Å². The molecule has 5 rings (SSSR count). The summed E-state index contributed by atoms with van der Waals surface area (Å²) in [4.78, 5) is 17.7. The maximum atomic E-state index is 13.8. The van der Waals surface area contributed by atoms with Crippen LogP contribution in [-0.4, -0.2) is 93.3 Å². The first kappa shape index (κ1) is 30.9. The number of likely N-dealkylation sites (N-methyl/N-ethyl adjacent to an activating group) is 1. The predicted molar refractivity (Wildman–Crippen MR) is 160 cm³/mol. The third-order valence-electron chi connectivity index (χ3n) is 7.88. The number of aromatic amines is 1. The van der Waals surface area contributed by atoms with E-state index in [1.807, 2.05) is 19.1 Å². The van der Waals surface area contributed by atoms with Gasteiger partial charge in [-0.3, -0.25) is 9.89 Å². The molecule has 0 unspecified atom stereocenters. The number of carbonyl (C=O) groups excluding carboxylic acids is 1. The average Bonchev–Trinajstić information content (AvgIpc) is 3.37. The standard InChI is InChI=1S/C29H37F2N7O4S/c1-19(7-13-42-3)32-27-17-22(37-11-9-36(2)10-12-37)4-5-24(27)29(39)33-28-25-18-38(8-6-26(25)34-35-28)43(40,41)23-15-20(30)14-21(31)16-23/h4-5,14-17,19,32H,6-13,18H2,1-3H3,(H2,33,34,35,39)/t19-/m1/s1. The van der Waals surface area contributed by atoms with Crippen LogP contribution in [0.2, 0.25) is 0 Å². The van der Waals surface area contributed by atoms with Crippen LogP contribution >= 0.6 is 0 Å². The highest BCUT2D eigenvalue weighted by atomic mass is 32.2. The number of carbonyl (C=O) groups is 1. The summed E-state index contributed by atoms with van der Waals surface area (Å²) in [5.41, 5.74) is 3.27. The number of halogens is 2. The molecule has 1 atom stereocenters. The molecule has 14 heteroatoms. The second-order valence-electron chi connectivity index (χ2n) is 11.0. The number of ether oxygens (including phenoxy) is 1. The fraction of sp³-hybridized carbons (Fsp3) is 0.448. The topological polar surface area (TPSA) is 123 Å². The van der Waals surface area contributed by atoms with Gasteiger partial charge >= 0.3 is 0 Å². The summed E-state index contributed by atoms with van der Waals surface area (Å²) in [5, 5.41) is 13.5. The van der Waals surface area contributed by atoms with Crippen molar-refractivity contribution in [2.75, 3.05) is 69.0 Å². The van der Waals surface area contributed by atoms with Crippen LogP contribution in [0.4, 0.5) is 26.0 Å². The molecular weight excluding hydrogens is 580 g/mol. The minimum absolute atomic E-state index is 0.0267. The number of hydrogen-bond acceptors (Lipinski definition) is 8. The molecule has 0 bridgehead atoms. The van der Waals surface area contributed by atoms with Gasteiger partial charge in [-0.1, -0.05) is 0 Å². The monoisotopic (exact) mass is 617 g/mol. The summed E-state index contributed by atoms with van der Waals surface area (Å²) in [6.07, 6.45) is 1.03. The number of sulfonamides is 1. The van der Waals surface area contributed by atoms with Gasteiger partial charge < -0.3 is 25.2 Å². The zero-order valence-electron chi connectivity index (χ0n) is 24.5. The molecule has 3 heterocycles. The number of anilines is 3. The lowest BCUT2D eigenvalue weighted by Gasteiger charge is -2.34. The molecule has 0 saturated carbocycles. The zero-order chi connectivity index (χ0) is 30.7. The van der Waals surface area contributed by atoms with E-state index in [1.54, 1.807) is 13.2 Å². The van der Waals surface area contributed by atoms with Crippen LogP contribution < -0.4 is 15.5 Å². The van der Waals surface area contributed by atoms with E-state index in [0.717, 1.165) is 54.7 Å². The fourth-order valence-corrected chi connectivity index (χ4v) is 6.78. The number of rotatable bonds is 10. The fourth-order valence-electron chi connectivity index (χ4n) is 5.32. The van der Waals surface area contributed by atoms with Crippen LogP contribution in [0.3, 0.4) is 0 Å². The second kappa shape index (κ2) is 13.0. The average molecular weight is 618 g/mol. The number of aromatic nitrogens is 2. The number of methoxy groups -OCH3 is 1. The lowest BCUT2D eigenvalue weighted by atomic mass is 10.1. The van der Waals surface area contributed by atoms with Crippen molar-refractivity contribution in [1.29, 1.82) is 0 Å². The summed E-state index contributed by atoms with van der Waals surface area (Å²) < 4.78 is 60.4. The predicted octanol–water partition coefficient (Wildman–Crippen LogP) is 3.28. The van der Waals surface area contributed by atoms with Gasteiger partial charge in [0.05, 0.1) is 10.5 Å². The number of H-pyrrole nitrogens is 1. The van der Waals surface area contributed by atoms with Crippen LogP contribution in [0.1, 0.15) is 35.0 Å². The Morgan fingerprint density at radius 1 is 1.09 bits per heavy atom. The number of hydrogen-bond donors (Lipinski definition) is 3. The molecule has 232 valence electrons. The van der Waals surface area contributed by atoms with Gasteiger partial charge in [-0.2, -0.15) is 9.40 Å².